The summed E-state index contributed by atoms with van der Waals surface area (Å²) in [5.74, 6) is 0.594. The van der Waals surface area contributed by atoms with E-state index in [0.717, 1.165) is 5.75 Å². The molecule has 2 aromatic rings. The van der Waals surface area contributed by atoms with E-state index in [0.29, 0.717) is 13.0 Å². The molecule has 0 radical (unpaired) electrons. The van der Waals surface area contributed by atoms with Crippen LogP contribution in [0.5, 0.6) is 5.75 Å². The van der Waals surface area contributed by atoms with Crippen molar-refractivity contribution in [3.8, 4) is 5.75 Å². The van der Waals surface area contributed by atoms with Gasteiger partial charge >= 0.3 is 5.97 Å². The van der Waals surface area contributed by atoms with Gasteiger partial charge in [-0.2, -0.15) is 0 Å². The summed E-state index contributed by atoms with van der Waals surface area (Å²) in [5, 5.41) is 3.14. The van der Waals surface area contributed by atoms with Gasteiger partial charge in [-0.05, 0) is 23.3 Å². The number of hydrogen-bond acceptors (Lipinski definition) is 4. The number of hydrogen-bond donors (Lipinski definition) is 1. The number of benzene rings is 2. The number of carbonyl (C=O) groups is 1. The van der Waals surface area contributed by atoms with Gasteiger partial charge in [-0.25, -0.2) is 0 Å². The molecule has 25 heavy (non-hydrogen) atoms. The van der Waals surface area contributed by atoms with Crippen molar-refractivity contribution in [1.29, 1.82) is 0 Å². The highest BCUT2D eigenvalue weighted by molar-refractivity contribution is 5.76. The summed E-state index contributed by atoms with van der Waals surface area (Å²) in [7, 11) is 1.41. The Hall–Kier alpha value is -2.33. The number of rotatable bonds is 5. The first-order chi connectivity index (χ1) is 12.0. The topological polar surface area (TPSA) is 47.6 Å². The fourth-order valence-corrected chi connectivity index (χ4v) is 3.28. The van der Waals surface area contributed by atoms with Gasteiger partial charge in [0, 0.05) is 18.4 Å². The Balaban J connectivity index is 1.66. The van der Waals surface area contributed by atoms with E-state index < -0.39 is 0 Å². The van der Waals surface area contributed by atoms with Crippen LogP contribution in [0.3, 0.4) is 0 Å². The Labute approximate surface area is 149 Å². The molecule has 0 bridgehead atoms. The van der Waals surface area contributed by atoms with Gasteiger partial charge in [0.2, 0.25) is 0 Å². The summed E-state index contributed by atoms with van der Waals surface area (Å²) in [6, 6.07) is 18.4. The summed E-state index contributed by atoms with van der Waals surface area (Å²) < 4.78 is 10.8. The monoisotopic (exact) mass is 339 g/mol. The molecule has 0 aromatic heterocycles. The van der Waals surface area contributed by atoms with Crippen molar-refractivity contribution >= 4 is 5.97 Å². The molecule has 3 rings (SSSR count). The van der Waals surface area contributed by atoms with Crippen molar-refractivity contribution in [3.63, 3.8) is 0 Å². The van der Waals surface area contributed by atoms with E-state index in [1.165, 1.54) is 18.2 Å². The molecule has 1 aliphatic heterocycles. The maximum atomic E-state index is 11.6. The smallest absolute Gasteiger partial charge is 0.323 e. The van der Waals surface area contributed by atoms with Gasteiger partial charge in [0.15, 0.2) is 0 Å². The Bertz CT molecular complexity index is 710. The van der Waals surface area contributed by atoms with Gasteiger partial charge in [-0.15, -0.1) is 0 Å². The molecule has 1 fully saturated rings. The molecule has 2 atom stereocenters. The van der Waals surface area contributed by atoms with Crippen LogP contribution in [-0.2, 0) is 14.9 Å². The van der Waals surface area contributed by atoms with E-state index in [9.17, 15) is 4.79 Å². The summed E-state index contributed by atoms with van der Waals surface area (Å²) in [6.07, 6.45) is 0.612. The molecule has 1 heterocycles. The van der Waals surface area contributed by atoms with Crippen LogP contribution in [0.25, 0.3) is 0 Å². The number of ether oxygens (including phenoxy) is 2. The van der Waals surface area contributed by atoms with E-state index in [1.807, 2.05) is 18.2 Å². The van der Waals surface area contributed by atoms with E-state index in [2.05, 4.69) is 55.6 Å². The number of carbonyl (C=O) groups excluding carboxylic acids is 1. The molecular weight excluding hydrogens is 314 g/mol. The normalized spacial score (nSPS) is 20.3. The van der Waals surface area contributed by atoms with Gasteiger partial charge in [0.05, 0.1) is 7.11 Å². The fraction of sp³-hybridized carbons (Fsp3) is 0.381. The Morgan fingerprint density at radius 2 is 1.68 bits per heavy atom. The third-order valence-corrected chi connectivity index (χ3v) is 4.95. The lowest BCUT2D eigenvalue weighted by Gasteiger charge is -2.26. The first kappa shape index (κ1) is 17.5. The maximum absolute atomic E-state index is 11.6. The summed E-state index contributed by atoms with van der Waals surface area (Å²) in [5.41, 5.74) is 2.46. The van der Waals surface area contributed by atoms with Crippen LogP contribution in [0, 0.1) is 0 Å². The fourth-order valence-electron chi connectivity index (χ4n) is 3.28. The zero-order chi connectivity index (χ0) is 17.9. The number of esters is 1. The Morgan fingerprint density at radius 3 is 2.32 bits per heavy atom. The van der Waals surface area contributed by atoms with Gasteiger partial charge in [0.1, 0.15) is 17.9 Å². The zero-order valence-corrected chi connectivity index (χ0v) is 15.0. The Kier molecular flexibility index (Phi) is 5.09. The molecule has 4 heteroatoms. The predicted molar refractivity (Wildman–Crippen MR) is 97.9 cm³/mol. The third-order valence-electron chi connectivity index (χ3n) is 4.95. The van der Waals surface area contributed by atoms with Crippen LogP contribution in [0.15, 0.2) is 54.6 Å². The van der Waals surface area contributed by atoms with Crippen LogP contribution < -0.4 is 10.1 Å². The van der Waals surface area contributed by atoms with Crippen molar-refractivity contribution in [2.75, 3.05) is 13.7 Å². The average molecular weight is 339 g/mol. The quantitative estimate of drug-likeness (QED) is 0.849. The molecule has 0 amide bonds. The minimum absolute atomic E-state index is 0.0166. The van der Waals surface area contributed by atoms with Crippen molar-refractivity contribution < 1.29 is 14.3 Å². The molecule has 1 saturated heterocycles. The van der Waals surface area contributed by atoms with Gasteiger partial charge in [-0.3, -0.25) is 4.79 Å². The van der Waals surface area contributed by atoms with Crippen molar-refractivity contribution in [2.24, 2.45) is 0 Å². The highest BCUT2D eigenvalue weighted by Crippen LogP contribution is 2.32. The molecule has 132 valence electrons. The lowest BCUT2D eigenvalue weighted by molar-refractivity contribution is -0.142. The number of methoxy groups -OCH3 is 1. The van der Waals surface area contributed by atoms with Crippen LogP contribution in [-0.4, -0.2) is 31.8 Å². The van der Waals surface area contributed by atoms with E-state index in [4.69, 9.17) is 9.47 Å². The highest BCUT2D eigenvalue weighted by Gasteiger charge is 2.31. The standard InChI is InChI=1S/C21H25NO3/c1-21(2,15-7-5-4-6-8-15)16-9-11-17(12-10-16)25-18-13-19(22-14-18)20(23)24-3/h4-12,18-19,22H,13-14H2,1-3H3. The van der Waals surface area contributed by atoms with Gasteiger partial charge in [0.25, 0.3) is 0 Å². The zero-order valence-electron chi connectivity index (χ0n) is 15.0. The first-order valence-electron chi connectivity index (χ1n) is 8.64. The van der Waals surface area contributed by atoms with Crippen LogP contribution in [0.1, 0.15) is 31.4 Å². The average Bonchev–Trinajstić information content (AvgIpc) is 3.11. The molecule has 4 nitrogen and oxygen atoms in total. The summed E-state index contributed by atoms with van der Waals surface area (Å²) >= 11 is 0. The highest BCUT2D eigenvalue weighted by atomic mass is 16.5. The molecule has 2 unspecified atom stereocenters. The lowest BCUT2D eigenvalue weighted by Crippen LogP contribution is -2.31. The van der Waals surface area contributed by atoms with Crippen molar-refractivity contribution in [2.45, 2.75) is 37.8 Å². The van der Waals surface area contributed by atoms with E-state index in [1.54, 1.807) is 0 Å². The number of nitrogens with one attached hydrogen (secondary N) is 1. The molecule has 0 aliphatic carbocycles. The molecule has 0 spiro atoms. The minimum atomic E-state index is -0.272. The first-order valence-corrected chi connectivity index (χ1v) is 8.64. The minimum Gasteiger partial charge on any atom is -0.489 e. The second-order valence-electron chi connectivity index (χ2n) is 6.97. The second kappa shape index (κ2) is 7.28. The Morgan fingerprint density at radius 1 is 1.04 bits per heavy atom. The van der Waals surface area contributed by atoms with E-state index in [-0.39, 0.29) is 23.5 Å². The largest absolute Gasteiger partial charge is 0.489 e. The van der Waals surface area contributed by atoms with Crippen LogP contribution in [0.2, 0.25) is 0 Å². The lowest BCUT2D eigenvalue weighted by atomic mass is 9.78. The summed E-state index contributed by atoms with van der Waals surface area (Å²) in [6.45, 7) is 5.09. The molecule has 1 N–H and O–H groups in total. The van der Waals surface area contributed by atoms with E-state index >= 15 is 0 Å². The molecule has 2 aromatic carbocycles. The van der Waals surface area contributed by atoms with Crippen molar-refractivity contribution in [3.05, 3.63) is 65.7 Å². The molecule has 1 aliphatic rings. The van der Waals surface area contributed by atoms with Crippen LogP contribution >= 0.6 is 0 Å². The van der Waals surface area contributed by atoms with Gasteiger partial charge < -0.3 is 14.8 Å². The van der Waals surface area contributed by atoms with Crippen molar-refractivity contribution in [1.82, 2.24) is 5.32 Å². The second-order valence-corrected chi connectivity index (χ2v) is 6.97. The van der Waals surface area contributed by atoms with Gasteiger partial charge in [-0.1, -0.05) is 56.3 Å². The van der Waals surface area contributed by atoms with Crippen LogP contribution in [0.4, 0.5) is 0 Å². The predicted octanol–water partition coefficient (Wildman–Crippen LogP) is 3.29. The molecule has 0 saturated carbocycles. The molecular formula is C21H25NO3. The third kappa shape index (κ3) is 3.85. The summed E-state index contributed by atoms with van der Waals surface area (Å²) in [4.78, 5) is 11.6. The SMILES string of the molecule is COC(=O)C1CC(Oc2ccc(C(C)(C)c3ccccc3)cc2)CN1. The maximum Gasteiger partial charge on any atom is 0.323 e.